The summed E-state index contributed by atoms with van der Waals surface area (Å²) in [6.07, 6.45) is 0. The fourth-order valence-electron chi connectivity index (χ4n) is 0.849. The van der Waals surface area contributed by atoms with Crippen LogP contribution in [0.25, 0.3) is 0 Å². The first kappa shape index (κ1) is 10.3. The van der Waals surface area contributed by atoms with E-state index in [2.05, 4.69) is 0 Å². The number of nitro groups is 1. The molecule has 1 aromatic carbocycles. The van der Waals surface area contributed by atoms with Crippen molar-refractivity contribution in [2.24, 2.45) is 0 Å². The van der Waals surface area contributed by atoms with Crippen LogP contribution in [0.3, 0.4) is 0 Å². The minimum absolute atomic E-state index is 0.517. The van der Waals surface area contributed by atoms with Crippen molar-refractivity contribution in [3.63, 3.8) is 0 Å². The molecule has 72 valence electrons. The number of rotatable bonds is 1. The quantitative estimate of drug-likeness (QED) is 0.413. The van der Waals surface area contributed by atoms with Gasteiger partial charge in [0.1, 0.15) is 22.5 Å². The number of halogens is 3. The molecular formula is C7HClF2N2O2. The van der Waals surface area contributed by atoms with Crippen molar-refractivity contribution < 1.29 is 13.7 Å². The highest BCUT2D eigenvalue weighted by atomic mass is 35.5. The lowest BCUT2D eigenvalue weighted by Gasteiger charge is -1.99. The first-order chi connectivity index (χ1) is 6.49. The van der Waals surface area contributed by atoms with Crippen molar-refractivity contribution in [3.05, 3.63) is 38.4 Å². The van der Waals surface area contributed by atoms with Gasteiger partial charge in [0, 0.05) is 6.07 Å². The number of benzene rings is 1. The molecule has 0 bridgehead atoms. The van der Waals surface area contributed by atoms with Gasteiger partial charge in [-0.15, -0.1) is 0 Å². The van der Waals surface area contributed by atoms with E-state index in [1.807, 2.05) is 0 Å². The molecule has 0 aromatic heterocycles. The third-order valence-electron chi connectivity index (χ3n) is 1.44. The molecule has 1 aromatic rings. The third-order valence-corrected chi connectivity index (χ3v) is 1.79. The van der Waals surface area contributed by atoms with Gasteiger partial charge in [-0.3, -0.25) is 10.1 Å². The number of nitro benzene ring substituents is 1. The molecule has 0 fully saturated rings. The maximum absolute atomic E-state index is 13.0. The fraction of sp³-hybridized carbons (Fsp3) is 0. The summed E-state index contributed by atoms with van der Waals surface area (Å²) >= 11 is 5.09. The minimum atomic E-state index is -1.53. The van der Waals surface area contributed by atoms with Crippen LogP contribution < -0.4 is 0 Å². The third kappa shape index (κ3) is 1.49. The van der Waals surface area contributed by atoms with Crippen LogP contribution in [0.1, 0.15) is 5.56 Å². The van der Waals surface area contributed by atoms with E-state index in [1.165, 1.54) is 6.07 Å². The number of nitriles is 1. The normalized spacial score (nSPS) is 9.57. The fourth-order valence-corrected chi connectivity index (χ4v) is 0.993. The number of hydrogen-bond donors (Lipinski definition) is 0. The maximum Gasteiger partial charge on any atom is 0.324 e. The van der Waals surface area contributed by atoms with Crippen LogP contribution in [0.15, 0.2) is 6.07 Å². The van der Waals surface area contributed by atoms with Crippen LogP contribution in [0.2, 0.25) is 5.02 Å². The van der Waals surface area contributed by atoms with Gasteiger partial charge in [0.25, 0.3) is 0 Å². The molecule has 0 N–H and O–H groups in total. The Morgan fingerprint density at radius 3 is 2.57 bits per heavy atom. The van der Waals surface area contributed by atoms with Gasteiger partial charge >= 0.3 is 5.69 Å². The molecule has 0 heterocycles. The highest BCUT2D eigenvalue weighted by molar-refractivity contribution is 6.31. The number of nitrogens with zero attached hydrogens (tertiary/aromatic N) is 2. The predicted octanol–water partition coefficient (Wildman–Crippen LogP) is 2.40. The van der Waals surface area contributed by atoms with Gasteiger partial charge in [0.05, 0.1) is 4.92 Å². The van der Waals surface area contributed by atoms with E-state index in [9.17, 15) is 18.9 Å². The molecule has 4 nitrogen and oxygen atoms in total. The summed E-state index contributed by atoms with van der Waals surface area (Å²) in [6, 6.07) is 1.82. The van der Waals surface area contributed by atoms with E-state index in [-0.39, 0.29) is 0 Å². The van der Waals surface area contributed by atoms with E-state index in [1.54, 1.807) is 0 Å². The molecular weight excluding hydrogens is 218 g/mol. The summed E-state index contributed by atoms with van der Waals surface area (Å²) in [5.74, 6) is -2.74. The first-order valence-electron chi connectivity index (χ1n) is 3.21. The number of hydrogen-bond acceptors (Lipinski definition) is 3. The Bertz CT molecular complexity index is 456. The topological polar surface area (TPSA) is 66.9 Å². The van der Waals surface area contributed by atoms with Crippen molar-refractivity contribution in [1.82, 2.24) is 0 Å². The SMILES string of the molecule is N#Cc1cc(F)c(Cl)c(F)c1[N+](=O)[O-]. The zero-order valence-corrected chi connectivity index (χ0v) is 7.18. The Kier molecular flexibility index (Phi) is 2.63. The van der Waals surface area contributed by atoms with Gasteiger partial charge in [0.2, 0.25) is 5.82 Å². The van der Waals surface area contributed by atoms with Crippen molar-refractivity contribution in [2.75, 3.05) is 0 Å². The lowest BCUT2D eigenvalue weighted by atomic mass is 10.2. The molecule has 0 spiro atoms. The standard InChI is InChI=1S/C7HClF2N2O2/c8-5-4(9)1-3(2-11)7(6(5)10)12(13)14/h1H. The van der Waals surface area contributed by atoms with Gasteiger partial charge in [-0.05, 0) is 0 Å². The van der Waals surface area contributed by atoms with Crippen molar-refractivity contribution in [3.8, 4) is 6.07 Å². The van der Waals surface area contributed by atoms with Crippen LogP contribution in [0.4, 0.5) is 14.5 Å². The summed E-state index contributed by atoms with van der Waals surface area (Å²) < 4.78 is 25.7. The van der Waals surface area contributed by atoms with E-state index in [0.717, 1.165) is 0 Å². The van der Waals surface area contributed by atoms with Gasteiger partial charge in [0.15, 0.2) is 0 Å². The van der Waals surface area contributed by atoms with Crippen LogP contribution in [0.5, 0.6) is 0 Å². The van der Waals surface area contributed by atoms with E-state index >= 15 is 0 Å². The molecule has 0 radical (unpaired) electrons. The average Bonchev–Trinajstić information content (AvgIpc) is 2.12. The highest BCUT2D eigenvalue weighted by Crippen LogP contribution is 2.30. The smallest absolute Gasteiger partial charge is 0.258 e. The monoisotopic (exact) mass is 218 g/mol. The van der Waals surface area contributed by atoms with E-state index < -0.39 is 32.8 Å². The first-order valence-corrected chi connectivity index (χ1v) is 3.58. The Balaban J connectivity index is 3.64. The second-order valence-electron chi connectivity index (χ2n) is 2.25. The summed E-state index contributed by atoms with van der Waals surface area (Å²) in [5.41, 5.74) is -1.81. The van der Waals surface area contributed by atoms with Gasteiger partial charge in [-0.25, -0.2) is 4.39 Å². The van der Waals surface area contributed by atoms with Gasteiger partial charge < -0.3 is 0 Å². The molecule has 0 aliphatic rings. The molecule has 1 rings (SSSR count). The average molecular weight is 219 g/mol. The van der Waals surface area contributed by atoms with E-state index in [0.29, 0.717) is 6.07 Å². The Labute approximate surface area is 81.5 Å². The Morgan fingerprint density at radius 2 is 2.14 bits per heavy atom. The van der Waals surface area contributed by atoms with Crippen LogP contribution >= 0.6 is 11.6 Å². The lowest BCUT2D eigenvalue weighted by Crippen LogP contribution is -1.99. The molecule has 7 heteroatoms. The molecule has 0 aliphatic carbocycles. The van der Waals surface area contributed by atoms with E-state index in [4.69, 9.17) is 16.9 Å². The molecule has 0 atom stereocenters. The zero-order chi connectivity index (χ0) is 10.9. The zero-order valence-electron chi connectivity index (χ0n) is 6.42. The lowest BCUT2D eigenvalue weighted by molar-refractivity contribution is -0.387. The van der Waals surface area contributed by atoms with Crippen LogP contribution in [0, 0.1) is 33.1 Å². The molecule has 0 aliphatic heterocycles. The van der Waals surface area contributed by atoms with Crippen molar-refractivity contribution in [2.45, 2.75) is 0 Å². The summed E-state index contributed by atoms with van der Waals surface area (Å²) in [6.45, 7) is 0. The molecule has 0 unspecified atom stereocenters. The highest BCUT2D eigenvalue weighted by Gasteiger charge is 2.26. The van der Waals surface area contributed by atoms with Crippen molar-refractivity contribution in [1.29, 1.82) is 5.26 Å². The van der Waals surface area contributed by atoms with Crippen LogP contribution in [-0.4, -0.2) is 4.92 Å². The molecule has 0 saturated heterocycles. The molecule has 14 heavy (non-hydrogen) atoms. The Hall–Kier alpha value is -1.74. The van der Waals surface area contributed by atoms with Gasteiger partial charge in [-0.2, -0.15) is 9.65 Å². The summed E-state index contributed by atoms with van der Waals surface area (Å²) in [4.78, 5) is 9.17. The summed E-state index contributed by atoms with van der Waals surface area (Å²) in [7, 11) is 0. The Morgan fingerprint density at radius 1 is 1.57 bits per heavy atom. The molecule has 0 saturated carbocycles. The summed E-state index contributed by atoms with van der Waals surface area (Å²) in [5, 5.41) is 17.7. The minimum Gasteiger partial charge on any atom is -0.258 e. The van der Waals surface area contributed by atoms with Crippen LogP contribution in [-0.2, 0) is 0 Å². The maximum atomic E-state index is 13.0. The largest absolute Gasteiger partial charge is 0.324 e. The molecule has 0 amide bonds. The second-order valence-corrected chi connectivity index (χ2v) is 2.63. The van der Waals surface area contributed by atoms with Gasteiger partial charge in [-0.1, -0.05) is 11.6 Å². The predicted molar refractivity (Wildman–Crippen MR) is 42.7 cm³/mol. The van der Waals surface area contributed by atoms with Crippen molar-refractivity contribution >= 4 is 17.3 Å². The second kappa shape index (κ2) is 3.55.